The number of rotatable bonds is 7. The van der Waals surface area contributed by atoms with Crippen molar-refractivity contribution in [1.29, 1.82) is 0 Å². The molecule has 0 saturated heterocycles. The molecule has 0 radical (unpaired) electrons. The van der Waals surface area contributed by atoms with Crippen LogP contribution in [-0.2, 0) is 15.4 Å². The molecule has 1 atom stereocenters. The Morgan fingerprint density at radius 1 is 1.33 bits per heavy atom. The fourth-order valence-corrected chi connectivity index (χ4v) is 2.74. The van der Waals surface area contributed by atoms with Crippen LogP contribution in [0.5, 0.6) is 0 Å². The number of thiophene rings is 1. The van der Waals surface area contributed by atoms with Crippen LogP contribution in [0.1, 0.15) is 32.6 Å². The molecule has 0 bridgehead atoms. The molecule has 1 unspecified atom stereocenters. The molecule has 0 fully saturated rings. The van der Waals surface area contributed by atoms with Crippen molar-refractivity contribution in [2.75, 3.05) is 25.9 Å². The third kappa shape index (κ3) is 6.85. The lowest BCUT2D eigenvalue weighted by Gasteiger charge is -2.25. The zero-order valence-corrected chi connectivity index (χ0v) is 18.8. The van der Waals surface area contributed by atoms with Crippen LogP contribution in [0.3, 0.4) is 0 Å². The second-order valence-electron chi connectivity index (χ2n) is 6.33. The molecule has 0 aliphatic carbocycles. The minimum Gasteiger partial charge on any atom is -0.383 e. The standard InChI is InChI=1S/C15H27N3O3S2.HI/c1-6-16-13(17-10-14(2,3)23(5,20)21)18-11-15(4,19)12-8-7-9-22-12;/h7-9,19H,6,10-11H2,1-5H3,(H2,16,17,18);1H. The highest BCUT2D eigenvalue weighted by molar-refractivity contribution is 14.0. The number of nitrogens with one attached hydrogen (secondary N) is 2. The average Bonchev–Trinajstić information content (AvgIpc) is 2.95. The van der Waals surface area contributed by atoms with Crippen molar-refractivity contribution in [2.24, 2.45) is 4.99 Å². The monoisotopic (exact) mass is 489 g/mol. The van der Waals surface area contributed by atoms with Crippen LogP contribution in [0.15, 0.2) is 22.5 Å². The maximum absolute atomic E-state index is 11.7. The molecule has 0 aliphatic rings. The summed E-state index contributed by atoms with van der Waals surface area (Å²) >= 11 is 1.49. The lowest BCUT2D eigenvalue weighted by Crippen LogP contribution is -2.45. The molecule has 1 aromatic heterocycles. The van der Waals surface area contributed by atoms with Gasteiger partial charge in [-0.1, -0.05) is 6.07 Å². The van der Waals surface area contributed by atoms with Gasteiger partial charge in [0.1, 0.15) is 5.60 Å². The van der Waals surface area contributed by atoms with E-state index in [0.717, 1.165) is 4.88 Å². The summed E-state index contributed by atoms with van der Waals surface area (Å²) in [4.78, 5) is 5.20. The second-order valence-corrected chi connectivity index (χ2v) is 9.93. The Bertz CT molecular complexity index is 626. The molecule has 6 nitrogen and oxygen atoms in total. The van der Waals surface area contributed by atoms with Gasteiger partial charge in [0.05, 0.1) is 17.8 Å². The van der Waals surface area contributed by atoms with E-state index in [9.17, 15) is 13.5 Å². The summed E-state index contributed by atoms with van der Waals surface area (Å²) in [5, 5.41) is 18.6. The summed E-state index contributed by atoms with van der Waals surface area (Å²) in [5.74, 6) is 0.487. The number of halogens is 1. The van der Waals surface area contributed by atoms with Crippen LogP contribution in [0.2, 0.25) is 0 Å². The highest BCUT2D eigenvalue weighted by Crippen LogP contribution is 2.24. The van der Waals surface area contributed by atoms with E-state index in [-0.39, 0.29) is 37.1 Å². The SMILES string of the molecule is CCNC(=NCC(C)(C)S(C)(=O)=O)NCC(C)(O)c1cccs1.I. The average molecular weight is 489 g/mol. The molecule has 1 aromatic rings. The normalized spacial score (nSPS) is 15.3. The van der Waals surface area contributed by atoms with Gasteiger partial charge in [-0.25, -0.2) is 8.42 Å². The summed E-state index contributed by atoms with van der Waals surface area (Å²) in [7, 11) is -3.20. The summed E-state index contributed by atoms with van der Waals surface area (Å²) < 4.78 is 22.6. The van der Waals surface area contributed by atoms with Crippen molar-refractivity contribution in [1.82, 2.24) is 10.6 Å². The Balaban J connectivity index is 0.00000529. The van der Waals surface area contributed by atoms with Crippen molar-refractivity contribution in [3.8, 4) is 0 Å². The summed E-state index contributed by atoms with van der Waals surface area (Å²) in [6.45, 7) is 8.02. The Morgan fingerprint density at radius 2 is 1.96 bits per heavy atom. The maximum atomic E-state index is 11.7. The first-order valence-electron chi connectivity index (χ1n) is 7.48. The van der Waals surface area contributed by atoms with Crippen LogP contribution < -0.4 is 10.6 Å². The Hall–Kier alpha value is -0.390. The Kier molecular flexibility index (Phi) is 9.20. The number of hydrogen-bond acceptors (Lipinski definition) is 5. The zero-order valence-electron chi connectivity index (χ0n) is 14.8. The van der Waals surface area contributed by atoms with Crippen molar-refractivity contribution in [3.05, 3.63) is 22.4 Å². The van der Waals surface area contributed by atoms with Gasteiger partial charge in [-0.2, -0.15) is 0 Å². The van der Waals surface area contributed by atoms with Crippen LogP contribution in [0, 0.1) is 0 Å². The number of aliphatic imine (C=N–C) groups is 1. The van der Waals surface area contributed by atoms with Crippen molar-refractivity contribution >= 4 is 51.1 Å². The van der Waals surface area contributed by atoms with Gasteiger partial charge in [0.2, 0.25) is 0 Å². The number of guanidine groups is 1. The molecule has 0 spiro atoms. The third-order valence-electron chi connectivity index (χ3n) is 3.62. The predicted octanol–water partition coefficient (Wildman–Crippen LogP) is 1.95. The van der Waals surface area contributed by atoms with Gasteiger partial charge in [0.25, 0.3) is 0 Å². The quantitative estimate of drug-likeness (QED) is 0.310. The van der Waals surface area contributed by atoms with E-state index in [1.165, 1.54) is 17.6 Å². The Labute approximate surface area is 166 Å². The third-order valence-corrected chi connectivity index (χ3v) is 6.88. The molecule has 140 valence electrons. The summed E-state index contributed by atoms with van der Waals surface area (Å²) in [5.41, 5.74) is -1.02. The van der Waals surface area contributed by atoms with E-state index in [2.05, 4.69) is 15.6 Å². The van der Waals surface area contributed by atoms with Gasteiger partial charge in [-0.3, -0.25) is 4.99 Å². The fourth-order valence-electron chi connectivity index (χ4n) is 1.66. The van der Waals surface area contributed by atoms with E-state index in [0.29, 0.717) is 12.5 Å². The minimum absolute atomic E-state index is 0. The smallest absolute Gasteiger partial charge is 0.191 e. The molecule has 0 aliphatic heterocycles. The van der Waals surface area contributed by atoms with Gasteiger partial charge in [-0.05, 0) is 39.1 Å². The van der Waals surface area contributed by atoms with Crippen molar-refractivity contribution in [3.63, 3.8) is 0 Å². The molecule has 1 rings (SSSR count). The molecule has 0 aromatic carbocycles. The lowest BCUT2D eigenvalue weighted by molar-refractivity contribution is 0.0655. The summed E-state index contributed by atoms with van der Waals surface area (Å²) in [6, 6.07) is 3.77. The zero-order chi connectivity index (χ0) is 17.7. The van der Waals surface area contributed by atoms with Gasteiger partial charge in [-0.15, -0.1) is 35.3 Å². The number of sulfone groups is 1. The van der Waals surface area contributed by atoms with E-state index in [1.807, 2.05) is 24.4 Å². The van der Waals surface area contributed by atoms with Crippen LogP contribution in [0.4, 0.5) is 0 Å². The maximum Gasteiger partial charge on any atom is 0.191 e. The van der Waals surface area contributed by atoms with Gasteiger partial charge < -0.3 is 15.7 Å². The van der Waals surface area contributed by atoms with E-state index in [1.54, 1.807) is 20.8 Å². The second kappa shape index (κ2) is 9.35. The molecule has 1 heterocycles. The number of hydrogen-bond donors (Lipinski definition) is 3. The summed E-state index contributed by atoms with van der Waals surface area (Å²) in [6.07, 6.45) is 1.21. The first kappa shape index (κ1) is 23.6. The number of nitrogens with zero attached hydrogens (tertiary/aromatic N) is 1. The molecule has 0 amide bonds. The first-order chi connectivity index (χ1) is 10.5. The Morgan fingerprint density at radius 3 is 2.42 bits per heavy atom. The topological polar surface area (TPSA) is 90.8 Å². The molecule has 9 heteroatoms. The van der Waals surface area contributed by atoms with E-state index in [4.69, 9.17) is 0 Å². The number of aliphatic hydroxyl groups is 1. The first-order valence-corrected chi connectivity index (χ1v) is 10.2. The largest absolute Gasteiger partial charge is 0.383 e. The molecular weight excluding hydrogens is 461 g/mol. The van der Waals surface area contributed by atoms with Gasteiger partial charge in [0.15, 0.2) is 15.8 Å². The molecule has 3 N–H and O–H groups in total. The van der Waals surface area contributed by atoms with Crippen molar-refractivity contribution in [2.45, 2.75) is 38.0 Å². The highest BCUT2D eigenvalue weighted by atomic mass is 127. The van der Waals surface area contributed by atoms with Crippen LogP contribution in [0.25, 0.3) is 0 Å². The van der Waals surface area contributed by atoms with Crippen LogP contribution in [-0.4, -0.2) is 50.1 Å². The molecular formula is C15H28IN3O3S2. The molecule has 0 saturated carbocycles. The van der Waals surface area contributed by atoms with Gasteiger partial charge in [0, 0.05) is 17.7 Å². The predicted molar refractivity (Wildman–Crippen MR) is 112 cm³/mol. The fraction of sp³-hybridized carbons (Fsp3) is 0.667. The van der Waals surface area contributed by atoms with Gasteiger partial charge >= 0.3 is 0 Å². The minimum atomic E-state index is -3.20. The van der Waals surface area contributed by atoms with Crippen molar-refractivity contribution < 1.29 is 13.5 Å². The highest BCUT2D eigenvalue weighted by Gasteiger charge is 2.30. The van der Waals surface area contributed by atoms with E-state index >= 15 is 0 Å². The lowest BCUT2D eigenvalue weighted by atomic mass is 10.1. The molecule has 24 heavy (non-hydrogen) atoms. The van der Waals surface area contributed by atoms with Crippen LogP contribution >= 0.6 is 35.3 Å². The van der Waals surface area contributed by atoms with E-state index < -0.39 is 20.2 Å².